The fourth-order valence-electron chi connectivity index (χ4n) is 1.15. The number of likely N-dealkylation sites (N-methyl/N-ethyl adjacent to an activating group) is 1. The van der Waals surface area contributed by atoms with E-state index in [0.717, 1.165) is 0 Å². The normalized spacial score (nSPS) is 38.5. The van der Waals surface area contributed by atoms with Crippen molar-refractivity contribution < 1.29 is 0 Å². The van der Waals surface area contributed by atoms with Crippen molar-refractivity contribution in [3.8, 4) is 0 Å². The lowest BCUT2D eigenvalue weighted by atomic mass is 9.84. The fraction of sp³-hybridized carbons (Fsp3) is 0.556. The van der Waals surface area contributed by atoms with E-state index >= 15 is 0 Å². The minimum atomic E-state index is 0.161. The first kappa shape index (κ1) is 7.55. The summed E-state index contributed by atoms with van der Waals surface area (Å²) in [7, 11) is 2.00. The lowest BCUT2D eigenvalue weighted by Crippen LogP contribution is -2.43. The van der Waals surface area contributed by atoms with E-state index in [-0.39, 0.29) is 5.54 Å². The molecule has 10 heavy (non-hydrogen) atoms. The molecule has 0 aliphatic heterocycles. The van der Waals surface area contributed by atoms with Crippen LogP contribution in [0.1, 0.15) is 13.8 Å². The molecule has 56 valence electrons. The summed E-state index contributed by atoms with van der Waals surface area (Å²) in [5, 5.41) is 3.29. The molecule has 0 fully saturated rings. The van der Waals surface area contributed by atoms with Crippen LogP contribution in [-0.4, -0.2) is 12.6 Å². The fourth-order valence-corrected chi connectivity index (χ4v) is 1.15. The zero-order chi connectivity index (χ0) is 7.61. The first-order valence-corrected chi connectivity index (χ1v) is 3.74. The molecule has 1 nitrogen and oxygen atoms in total. The summed E-state index contributed by atoms with van der Waals surface area (Å²) in [6.45, 7) is 4.42. The summed E-state index contributed by atoms with van der Waals surface area (Å²) in [4.78, 5) is 0. The van der Waals surface area contributed by atoms with Gasteiger partial charge in [-0.1, -0.05) is 31.2 Å². The highest BCUT2D eigenvalue weighted by Crippen LogP contribution is 2.22. The van der Waals surface area contributed by atoms with Crippen molar-refractivity contribution >= 4 is 0 Å². The predicted molar refractivity (Wildman–Crippen MR) is 44.9 cm³/mol. The molecular weight excluding hydrogens is 122 g/mol. The first-order chi connectivity index (χ1) is 4.69. The van der Waals surface area contributed by atoms with Crippen molar-refractivity contribution in [2.45, 2.75) is 19.4 Å². The van der Waals surface area contributed by atoms with Gasteiger partial charge in [0.15, 0.2) is 0 Å². The first-order valence-electron chi connectivity index (χ1n) is 3.74. The quantitative estimate of drug-likeness (QED) is 0.580. The Kier molecular flexibility index (Phi) is 1.95. The number of allylic oxidation sites excluding steroid dienone is 2. The van der Waals surface area contributed by atoms with Crippen LogP contribution in [0.25, 0.3) is 0 Å². The monoisotopic (exact) mass is 137 g/mol. The van der Waals surface area contributed by atoms with Gasteiger partial charge < -0.3 is 5.32 Å². The van der Waals surface area contributed by atoms with Crippen LogP contribution < -0.4 is 5.32 Å². The molecule has 0 saturated heterocycles. The topological polar surface area (TPSA) is 12.0 Å². The Hall–Kier alpha value is -0.560. The third-order valence-electron chi connectivity index (χ3n) is 2.44. The van der Waals surface area contributed by atoms with Crippen LogP contribution in [0.4, 0.5) is 0 Å². The molecule has 1 aliphatic rings. The van der Waals surface area contributed by atoms with Gasteiger partial charge in [0.05, 0.1) is 0 Å². The third kappa shape index (κ3) is 1.14. The van der Waals surface area contributed by atoms with Crippen molar-refractivity contribution in [1.29, 1.82) is 0 Å². The SMILES string of the molecule is CNC1(C)C=CC=CC1C. The van der Waals surface area contributed by atoms with E-state index in [1.165, 1.54) is 0 Å². The maximum absolute atomic E-state index is 3.29. The summed E-state index contributed by atoms with van der Waals surface area (Å²) >= 11 is 0. The minimum absolute atomic E-state index is 0.161. The Bertz CT molecular complexity index is 170. The van der Waals surface area contributed by atoms with E-state index in [2.05, 4.69) is 43.5 Å². The maximum Gasteiger partial charge on any atom is 0.0397 e. The summed E-state index contributed by atoms with van der Waals surface area (Å²) in [6.07, 6.45) is 8.62. The lowest BCUT2D eigenvalue weighted by molar-refractivity contribution is 0.380. The van der Waals surface area contributed by atoms with Crippen LogP contribution >= 0.6 is 0 Å². The predicted octanol–water partition coefficient (Wildman–Crippen LogP) is 1.73. The van der Waals surface area contributed by atoms with Crippen LogP contribution in [0.2, 0.25) is 0 Å². The van der Waals surface area contributed by atoms with Gasteiger partial charge in [-0.3, -0.25) is 0 Å². The second-order valence-corrected chi connectivity index (χ2v) is 3.07. The molecule has 0 aromatic rings. The van der Waals surface area contributed by atoms with E-state index in [4.69, 9.17) is 0 Å². The Balaban J connectivity index is 2.77. The Morgan fingerprint density at radius 2 is 2.10 bits per heavy atom. The molecule has 1 heteroatoms. The molecule has 0 spiro atoms. The summed E-state index contributed by atoms with van der Waals surface area (Å²) < 4.78 is 0. The minimum Gasteiger partial charge on any atom is -0.311 e. The molecule has 0 aromatic carbocycles. The molecule has 0 radical (unpaired) electrons. The van der Waals surface area contributed by atoms with Gasteiger partial charge in [-0.15, -0.1) is 0 Å². The number of nitrogens with one attached hydrogen (secondary N) is 1. The van der Waals surface area contributed by atoms with Gasteiger partial charge in [0.25, 0.3) is 0 Å². The largest absolute Gasteiger partial charge is 0.311 e. The Morgan fingerprint density at radius 3 is 2.50 bits per heavy atom. The average Bonchev–Trinajstić information content (AvgIpc) is 1.96. The van der Waals surface area contributed by atoms with Gasteiger partial charge in [-0.05, 0) is 19.9 Å². The second-order valence-electron chi connectivity index (χ2n) is 3.07. The zero-order valence-electron chi connectivity index (χ0n) is 6.89. The Morgan fingerprint density at radius 1 is 1.40 bits per heavy atom. The zero-order valence-corrected chi connectivity index (χ0v) is 6.89. The molecule has 0 amide bonds. The molecule has 1 N–H and O–H groups in total. The molecular formula is C9H15N. The standard InChI is InChI=1S/C9H15N/c1-8-6-4-5-7-9(8,2)10-3/h4-8,10H,1-3H3. The van der Waals surface area contributed by atoms with Crippen molar-refractivity contribution in [1.82, 2.24) is 5.32 Å². The van der Waals surface area contributed by atoms with Gasteiger partial charge in [0.2, 0.25) is 0 Å². The third-order valence-corrected chi connectivity index (χ3v) is 2.44. The highest BCUT2D eigenvalue weighted by Gasteiger charge is 2.25. The number of hydrogen-bond acceptors (Lipinski definition) is 1. The Labute approximate surface area is 62.8 Å². The molecule has 0 saturated carbocycles. The van der Waals surface area contributed by atoms with Crippen molar-refractivity contribution in [3.05, 3.63) is 24.3 Å². The highest BCUT2D eigenvalue weighted by molar-refractivity contribution is 5.22. The van der Waals surface area contributed by atoms with Gasteiger partial charge in [0, 0.05) is 5.54 Å². The highest BCUT2D eigenvalue weighted by atomic mass is 14.9. The van der Waals surface area contributed by atoms with E-state index < -0.39 is 0 Å². The average molecular weight is 137 g/mol. The molecule has 0 aromatic heterocycles. The van der Waals surface area contributed by atoms with Crippen molar-refractivity contribution in [2.24, 2.45) is 5.92 Å². The maximum atomic E-state index is 3.29. The van der Waals surface area contributed by atoms with E-state index in [9.17, 15) is 0 Å². The smallest absolute Gasteiger partial charge is 0.0397 e. The van der Waals surface area contributed by atoms with Crippen LogP contribution in [0, 0.1) is 5.92 Å². The number of hydrogen-bond donors (Lipinski definition) is 1. The second kappa shape index (κ2) is 2.59. The van der Waals surface area contributed by atoms with Crippen molar-refractivity contribution in [2.75, 3.05) is 7.05 Å². The van der Waals surface area contributed by atoms with Crippen LogP contribution in [0.3, 0.4) is 0 Å². The van der Waals surface area contributed by atoms with Gasteiger partial charge in [-0.25, -0.2) is 0 Å². The molecule has 1 rings (SSSR count). The molecule has 0 bridgehead atoms. The molecule has 1 aliphatic carbocycles. The lowest BCUT2D eigenvalue weighted by Gasteiger charge is -2.32. The number of rotatable bonds is 1. The van der Waals surface area contributed by atoms with E-state index in [0.29, 0.717) is 5.92 Å². The van der Waals surface area contributed by atoms with Gasteiger partial charge in [-0.2, -0.15) is 0 Å². The van der Waals surface area contributed by atoms with Gasteiger partial charge in [0.1, 0.15) is 0 Å². The summed E-state index contributed by atoms with van der Waals surface area (Å²) in [5.41, 5.74) is 0.161. The molecule has 0 heterocycles. The summed E-state index contributed by atoms with van der Waals surface area (Å²) in [5.74, 6) is 0.586. The summed E-state index contributed by atoms with van der Waals surface area (Å²) in [6, 6.07) is 0. The van der Waals surface area contributed by atoms with Crippen LogP contribution in [0.5, 0.6) is 0 Å². The van der Waals surface area contributed by atoms with Gasteiger partial charge >= 0.3 is 0 Å². The van der Waals surface area contributed by atoms with E-state index in [1.807, 2.05) is 7.05 Å². The van der Waals surface area contributed by atoms with Crippen LogP contribution in [-0.2, 0) is 0 Å². The molecule has 2 unspecified atom stereocenters. The van der Waals surface area contributed by atoms with Crippen molar-refractivity contribution in [3.63, 3.8) is 0 Å². The van der Waals surface area contributed by atoms with E-state index in [1.54, 1.807) is 0 Å². The molecule has 2 atom stereocenters. The van der Waals surface area contributed by atoms with Crippen LogP contribution in [0.15, 0.2) is 24.3 Å².